The number of hydrogen-bond donors (Lipinski definition) is 0. The van der Waals surface area contributed by atoms with Crippen LogP contribution in [0.15, 0.2) is 18.2 Å². The third-order valence-electron chi connectivity index (χ3n) is 4.38. The zero-order chi connectivity index (χ0) is 13.3. The van der Waals surface area contributed by atoms with Gasteiger partial charge in [-0.05, 0) is 37.2 Å². The van der Waals surface area contributed by atoms with E-state index in [4.69, 9.17) is 16.3 Å². The molecule has 100 valence electrons. The number of ether oxygens (including phenoxy) is 1. The fourth-order valence-corrected chi connectivity index (χ4v) is 3.82. The minimum atomic E-state index is 0.0531. The Morgan fingerprint density at radius 2 is 2.11 bits per heavy atom. The first kappa shape index (κ1) is 13.7. The van der Waals surface area contributed by atoms with Gasteiger partial charge in [-0.15, -0.1) is 11.6 Å². The molecule has 1 aliphatic carbocycles. The van der Waals surface area contributed by atoms with Gasteiger partial charge in [0.1, 0.15) is 5.75 Å². The zero-order valence-electron chi connectivity index (χ0n) is 11.8. The minimum absolute atomic E-state index is 0.0531. The van der Waals surface area contributed by atoms with Crippen LogP contribution in [0.4, 0.5) is 0 Å². The van der Waals surface area contributed by atoms with Crippen molar-refractivity contribution in [2.75, 3.05) is 7.11 Å². The van der Waals surface area contributed by atoms with E-state index in [0.29, 0.717) is 11.3 Å². The summed E-state index contributed by atoms with van der Waals surface area (Å²) in [5.41, 5.74) is 2.73. The molecule has 1 aromatic carbocycles. The van der Waals surface area contributed by atoms with Crippen LogP contribution < -0.4 is 4.74 Å². The molecule has 2 atom stereocenters. The van der Waals surface area contributed by atoms with E-state index < -0.39 is 0 Å². The van der Waals surface area contributed by atoms with Crippen molar-refractivity contribution in [3.63, 3.8) is 0 Å². The molecule has 1 aliphatic rings. The molecule has 0 amide bonds. The van der Waals surface area contributed by atoms with Crippen molar-refractivity contribution in [3.8, 4) is 5.75 Å². The molecule has 0 N–H and O–H groups in total. The summed E-state index contributed by atoms with van der Waals surface area (Å²) in [6.07, 6.45) is 3.78. The van der Waals surface area contributed by atoms with Crippen molar-refractivity contribution in [3.05, 3.63) is 29.3 Å². The lowest BCUT2D eigenvalue weighted by Crippen LogP contribution is -2.21. The molecule has 1 saturated carbocycles. The maximum Gasteiger partial charge on any atom is 0.123 e. The molecule has 0 radical (unpaired) electrons. The Balaban J connectivity index is 2.33. The van der Waals surface area contributed by atoms with Crippen LogP contribution in [0.2, 0.25) is 0 Å². The van der Waals surface area contributed by atoms with Crippen LogP contribution in [-0.4, -0.2) is 7.11 Å². The molecule has 0 spiro atoms. The van der Waals surface area contributed by atoms with Crippen LogP contribution in [0.5, 0.6) is 5.75 Å². The maximum atomic E-state index is 6.77. The number of rotatable bonds is 3. The summed E-state index contributed by atoms with van der Waals surface area (Å²) >= 11 is 6.77. The third-order valence-corrected chi connectivity index (χ3v) is 4.91. The van der Waals surface area contributed by atoms with Crippen LogP contribution in [0, 0.1) is 18.3 Å². The smallest absolute Gasteiger partial charge is 0.123 e. The van der Waals surface area contributed by atoms with Crippen molar-refractivity contribution < 1.29 is 4.74 Å². The molecule has 0 saturated heterocycles. The highest BCUT2D eigenvalue weighted by molar-refractivity contribution is 6.21. The maximum absolute atomic E-state index is 6.77. The van der Waals surface area contributed by atoms with Gasteiger partial charge < -0.3 is 4.74 Å². The van der Waals surface area contributed by atoms with Gasteiger partial charge in [0.25, 0.3) is 0 Å². The largest absolute Gasteiger partial charge is 0.496 e. The van der Waals surface area contributed by atoms with Crippen LogP contribution in [0.1, 0.15) is 49.6 Å². The fourth-order valence-electron chi connectivity index (χ4n) is 3.18. The quantitative estimate of drug-likeness (QED) is 0.691. The van der Waals surface area contributed by atoms with E-state index in [1.165, 1.54) is 24.8 Å². The number of alkyl halides is 1. The van der Waals surface area contributed by atoms with Gasteiger partial charge in [-0.2, -0.15) is 0 Å². The highest BCUT2D eigenvalue weighted by Crippen LogP contribution is 2.52. The highest BCUT2D eigenvalue weighted by atomic mass is 35.5. The Kier molecular flexibility index (Phi) is 3.91. The molecular weight excluding hydrogens is 244 g/mol. The molecule has 0 aromatic heterocycles. The predicted molar refractivity (Wildman–Crippen MR) is 77.4 cm³/mol. The van der Waals surface area contributed by atoms with Crippen LogP contribution in [0.25, 0.3) is 0 Å². The zero-order valence-corrected chi connectivity index (χ0v) is 12.6. The average molecular weight is 267 g/mol. The summed E-state index contributed by atoms with van der Waals surface area (Å²) in [7, 11) is 1.72. The summed E-state index contributed by atoms with van der Waals surface area (Å²) < 4.78 is 5.46. The normalized spacial score (nSPS) is 23.9. The molecule has 1 aromatic rings. The van der Waals surface area contributed by atoms with E-state index in [-0.39, 0.29) is 5.38 Å². The van der Waals surface area contributed by atoms with E-state index in [2.05, 4.69) is 32.9 Å². The number of aryl methyl sites for hydroxylation is 1. The molecule has 18 heavy (non-hydrogen) atoms. The summed E-state index contributed by atoms with van der Waals surface area (Å²) in [4.78, 5) is 0. The van der Waals surface area contributed by atoms with Crippen molar-refractivity contribution in [1.82, 2.24) is 0 Å². The monoisotopic (exact) mass is 266 g/mol. The number of halogens is 1. The van der Waals surface area contributed by atoms with E-state index >= 15 is 0 Å². The van der Waals surface area contributed by atoms with Gasteiger partial charge in [-0.1, -0.05) is 38.0 Å². The molecule has 0 heterocycles. The Hall–Kier alpha value is -0.690. The van der Waals surface area contributed by atoms with Gasteiger partial charge in [0.2, 0.25) is 0 Å². The third kappa shape index (κ3) is 2.51. The number of benzene rings is 1. The van der Waals surface area contributed by atoms with Gasteiger partial charge in [0.15, 0.2) is 0 Å². The Morgan fingerprint density at radius 3 is 2.67 bits per heavy atom. The van der Waals surface area contributed by atoms with Crippen molar-refractivity contribution in [2.24, 2.45) is 11.3 Å². The number of methoxy groups -OCH3 is 1. The van der Waals surface area contributed by atoms with Gasteiger partial charge >= 0.3 is 0 Å². The lowest BCUT2D eigenvalue weighted by Gasteiger charge is -2.31. The molecule has 2 rings (SSSR count). The second-order valence-corrected chi connectivity index (χ2v) is 6.60. The van der Waals surface area contributed by atoms with E-state index in [1.54, 1.807) is 7.11 Å². The van der Waals surface area contributed by atoms with E-state index in [1.807, 2.05) is 6.07 Å². The summed E-state index contributed by atoms with van der Waals surface area (Å²) in [6, 6.07) is 6.28. The topological polar surface area (TPSA) is 9.23 Å². The summed E-state index contributed by atoms with van der Waals surface area (Å²) in [5.74, 6) is 1.46. The molecule has 1 fully saturated rings. The van der Waals surface area contributed by atoms with Gasteiger partial charge in [-0.25, -0.2) is 0 Å². The van der Waals surface area contributed by atoms with Crippen molar-refractivity contribution in [2.45, 2.75) is 45.4 Å². The molecule has 2 heteroatoms. The molecule has 0 aliphatic heterocycles. The second-order valence-electron chi connectivity index (χ2n) is 6.13. The Labute approximate surface area is 115 Å². The Bertz CT molecular complexity index is 425. The van der Waals surface area contributed by atoms with Gasteiger partial charge in [0, 0.05) is 5.56 Å². The van der Waals surface area contributed by atoms with Crippen LogP contribution in [-0.2, 0) is 0 Å². The summed E-state index contributed by atoms with van der Waals surface area (Å²) in [5, 5.41) is 0.0531. The SMILES string of the molecule is COc1ccc(C)cc1C(Cl)C1CCCC1(C)C. The standard InChI is InChI=1S/C16H23ClO/c1-11-7-8-14(18-4)12(10-11)15(17)13-6-5-9-16(13,2)3/h7-8,10,13,15H,5-6,9H2,1-4H3. The minimum Gasteiger partial charge on any atom is -0.496 e. The first-order valence-electron chi connectivity index (χ1n) is 6.74. The molecule has 0 bridgehead atoms. The average Bonchev–Trinajstić information content (AvgIpc) is 2.68. The molecular formula is C16H23ClO. The fraction of sp³-hybridized carbons (Fsp3) is 0.625. The lowest BCUT2D eigenvalue weighted by atomic mass is 9.78. The second kappa shape index (κ2) is 5.13. The molecule has 2 unspecified atom stereocenters. The first-order valence-corrected chi connectivity index (χ1v) is 7.18. The van der Waals surface area contributed by atoms with Crippen molar-refractivity contribution in [1.29, 1.82) is 0 Å². The predicted octanol–water partition coefficient (Wildman–Crippen LogP) is 5.11. The van der Waals surface area contributed by atoms with Gasteiger partial charge in [0.05, 0.1) is 12.5 Å². The molecule has 1 nitrogen and oxygen atoms in total. The van der Waals surface area contributed by atoms with Crippen LogP contribution >= 0.6 is 11.6 Å². The van der Waals surface area contributed by atoms with Crippen LogP contribution in [0.3, 0.4) is 0 Å². The van der Waals surface area contributed by atoms with Crippen molar-refractivity contribution >= 4 is 11.6 Å². The van der Waals surface area contributed by atoms with Gasteiger partial charge in [-0.3, -0.25) is 0 Å². The van der Waals surface area contributed by atoms with E-state index in [9.17, 15) is 0 Å². The summed E-state index contributed by atoms with van der Waals surface area (Å²) in [6.45, 7) is 6.77. The Morgan fingerprint density at radius 1 is 1.39 bits per heavy atom. The lowest BCUT2D eigenvalue weighted by molar-refractivity contribution is 0.250. The highest BCUT2D eigenvalue weighted by Gasteiger charge is 2.40. The first-order chi connectivity index (χ1) is 8.45. The van der Waals surface area contributed by atoms with E-state index in [0.717, 1.165) is 11.3 Å². The number of hydrogen-bond acceptors (Lipinski definition) is 1.